The standard InChI is InChI=1S/C25H18S.CH4/c1-15-16(2)26-24-23(15)19-11-5-8-14-22(19)25(24)20-12-6-3-9-17(20)18-10-4-7-13-21(18)25;/h3-14H,1-2H3;1H4. The zero-order valence-electron chi connectivity index (χ0n) is 14.8. The van der Waals surface area contributed by atoms with E-state index >= 15 is 0 Å². The molecule has 3 aromatic carbocycles. The molecular formula is C26H22S. The van der Waals surface area contributed by atoms with Gasteiger partial charge < -0.3 is 0 Å². The third-order valence-corrected chi connectivity index (χ3v) is 7.61. The highest BCUT2D eigenvalue weighted by Gasteiger charge is 2.53. The monoisotopic (exact) mass is 366 g/mol. The molecule has 0 atom stereocenters. The number of benzene rings is 3. The van der Waals surface area contributed by atoms with Gasteiger partial charge in [-0.15, -0.1) is 11.3 Å². The van der Waals surface area contributed by atoms with E-state index in [0.29, 0.717) is 0 Å². The van der Waals surface area contributed by atoms with Gasteiger partial charge in [0.15, 0.2) is 0 Å². The Bertz CT molecular complexity index is 1160. The minimum atomic E-state index is -0.150. The fraction of sp³-hybridized carbons (Fsp3) is 0.154. The molecule has 0 aliphatic heterocycles. The summed E-state index contributed by atoms with van der Waals surface area (Å²) in [5, 5.41) is 0. The molecule has 0 nitrogen and oxygen atoms in total. The van der Waals surface area contributed by atoms with E-state index in [1.807, 2.05) is 11.3 Å². The molecule has 1 spiro atoms. The van der Waals surface area contributed by atoms with Crippen LogP contribution >= 0.6 is 11.3 Å². The molecule has 0 unspecified atom stereocenters. The van der Waals surface area contributed by atoms with Crippen molar-refractivity contribution in [2.24, 2.45) is 0 Å². The molecule has 0 saturated heterocycles. The smallest absolute Gasteiger partial charge is 0.0819 e. The van der Waals surface area contributed by atoms with Crippen LogP contribution in [0.25, 0.3) is 22.3 Å². The Morgan fingerprint density at radius 3 is 1.63 bits per heavy atom. The molecule has 6 rings (SSSR count). The summed E-state index contributed by atoms with van der Waals surface area (Å²) in [6, 6.07) is 27.0. The maximum absolute atomic E-state index is 2.34. The maximum Gasteiger partial charge on any atom is 0.0819 e. The van der Waals surface area contributed by atoms with E-state index in [0.717, 1.165) is 0 Å². The lowest BCUT2D eigenvalue weighted by Gasteiger charge is -2.29. The second kappa shape index (κ2) is 5.43. The van der Waals surface area contributed by atoms with Crippen molar-refractivity contribution < 1.29 is 0 Å². The first-order valence-electron chi connectivity index (χ1n) is 9.14. The van der Waals surface area contributed by atoms with Gasteiger partial charge in [-0.3, -0.25) is 0 Å². The molecule has 0 fully saturated rings. The summed E-state index contributed by atoms with van der Waals surface area (Å²) in [6.45, 7) is 4.55. The van der Waals surface area contributed by atoms with Gasteiger partial charge in [0.2, 0.25) is 0 Å². The quantitative estimate of drug-likeness (QED) is 0.264. The maximum atomic E-state index is 2.34. The molecule has 1 aromatic heterocycles. The third-order valence-electron chi connectivity index (χ3n) is 6.28. The molecule has 2 aliphatic carbocycles. The highest BCUT2D eigenvalue weighted by Crippen LogP contribution is 2.65. The van der Waals surface area contributed by atoms with Gasteiger partial charge in [0.05, 0.1) is 5.41 Å². The van der Waals surface area contributed by atoms with Crippen molar-refractivity contribution in [1.82, 2.24) is 0 Å². The van der Waals surface area contributed by atoms with E-state index in [4.69, 9.17) is 0 Å². The lowest BCUT2D eigenvalue weighted by molar-refractivity contribution is 0.811. The SMILES string of the molecule is C.Cc1sc2c(c1C)-c1ccccc1C21c2ccccc2-c2ccccc21. The van der Waals surface area contributed by atoms with Gasteiger partial charge in [-0.2, -0.15) is 0 Å². The first-order chi connectivity index (χ1) is 12.7. The van der Waals surface area contributed by atoms with Crippen molar-refractivity contribution in [3.8, 4) is 22.3 Å². The molecule has 27 heavy (non-hydrogen) atoms. The average Bonchev–Trinajstić information content (AvgIpc) is 3.26. The predicted octanol–water partition coefficient (Wildman–Crippen LogP) is 7.34. The summed E-state index contributed by atoms with van der Waals surface area (Å²) in [5.74, 6) is 0. The lowest BCUT2D eigenvalue weighted by Crippen LogP contribution is -2.24. The van der Waals surface area contributed by atoms with Crippen LogP contribution in [0.15, 0.2) is 72.8 Å². The van der Waals surface area contributed by atoms with Gasteiger partial charge in [0.25, 0.3) is 0 Å². The Labute approximate surface area is 165 Å². The molecule has 1 heteroatoms. The fourth-order valence-electron chi connectivity index (χ4n) is 5.14. The number of fused-ring (bicyclic) bond motifs is 10. The number of thiophene rings is 1. The van der Waals surface area contributed by atoms with Crippen LogP contribution in [0.1, 0.15) is 39.4 Å². The molecule has 0 N–H and O–H groups in total. The van der Waals surface area contributed by atoms with Crippen molar-refractivity contribution in [3.63, 3.8) is 0 Å². The van der Waals surface area contributed by atoms with Crippen molar-refractivity contribution in [3.05, 3.63) is 105 Å². The number of aryl methyl sites for hydroxylation is 1. The topological polar surface area (TPSA) is 0 Å². The second-order valence-corrected chi connectivity index (χ2v) is 8.60. The summed E-state index contributed by atoms with van der Waals surface area (Å²) in [5.41, 5.74) is 11.3. The number of hydrogen-bond acceptors (Lipinski definition) is 1. The predicted molar refractivity (Wildman–Crippen MR) is 117 cm³/mol. The van der Waals surface area contributed by atoms with Gasteiger partial charge in [-0.25, -0.2) is 0 Å². The fourth-order valence-corrected chi connectivity index (χ4v) is 6.55. The van der Waals surface area contributed by atoms with Crippen molar-refractivity contribution >= 4 is 11.3 Å². The van der Waals surface area contributed by atoms with Crippen molar-refractivity contribution in [2.45, 2.75) is 26.7 Å². The molecule has 4 aromatic rings. The average molecular weight is 367 g/mol. The van der Waals surface area contributed by atoms with Crippen LogP contribution in [-0.2, 0) is 5.41 Å². The van der Waals surface area contributed by atoms with Gasteiger partial charge in [0.1, 0.15) is 0 Å². The highest BCUT2D eigenvalue weighted by molar-refractivity contribution is 7.13. The van der Waals surface area contributed by atoms with E-state index < -0.39 is 0 Å². The Hall–Kier alpha value is -2.64. The molecule has 0 saturated carbocycles. The molecule has 0 amide bonds. The first-order valence-corrected chi connectivity index (χ1v) is 9.96. The molecule has 0 radical (unpaired) electrons. The summed E-state index contributed by atoms with van der Waals surface area (Å²) < 4.78 is 0. The molecule has 132 valence electrons. The van der Waals surface area contributed by atoms with E-state index in [1.165, 1.54) is 54.3 Å². The Morgan fingerprint density at radius 1 is 0.630 bits per heavy atom. The summed E-state index contributed by atoms with van der Waals surface area (Å²) in [7, 11) is 0. The van der Waals surface area contributed by atoms with Crippen LogP contribution in [-0.4, -0.2) is 0 Å². The Kier molecular flexibility index (Phi) is 3.33. The molecule has 0 bridgehead atoms. The summed E-state index contributed by atoms with van der Waals surface area (Å²) in [4.78, 5) is 2.94. The minimum Gasteiger partial charge on any atom is -0.143 e. The second-order valence-electron chi connectivity index (χ2n) is 7.37. The summed E-state index contributed by atoms with van der Waals surface area (Å²) >= 11 is 1.98. The third kappa shape index (κ3) is 1.74. The highest BCUT2D eigenvalue weighted by atomic mass is 32.1. The van der Waals surface area contributed by atoms with Crippen LogP contribution < -0.4 is 0 Å². The van der Waals surface area contributed by atoms with E-state index in [-0.39, 0.29) is 12.8 Å². The Balaban J connectivity index is 0.00000160. The number of rotatable bonds is 0. The zero-order valence-corrected chi connectivity index (χ0v) is 15.7. The van der Waals surface area contributed by atoms with Gasteiger partial charge in [-0.1, -0.05) is 80.2 Å². The van der Waals surface area contributed by atoms with E-state index in [9.17, 15) is 0 Å². The molecule has 1 heterocycles. The van der Waals surface area contributed by atoms with Gasteiger partial charge >= 0.3 is 0 Å². The van der Waals surface area contributed by atoms with Gasteiger partial charge in [0, 0.05) is 15.3 Å². The molecular weight excluding hydrogens is 344 g/mol. The van der Waals surface area contributed by atoms with E-state index in [1.54, 1.807) is 0 Å². The van der Waals surface area contributed by atoms with Crippen LogP contribution in [0.3, 0.4) is 0 Å². The molecule has 2 aliphatic rings. The largest absolute Gasteiger partial charge is 0.143 e. The van der Waals surface area contributed by atoms with Crippen LogP contribution in [0, 0.1) is 13.8 Å². The summed E-state index contributed by atoms with van der Waals surface area (Å²) in [6.07, 6.45) is 0. The van der Waals surface area contributed by atoms with Crippen molar-refractivity contribution in [2.75, 3.05) is 0 Å². The normalized spacial score (nSPS) is 14.3. The zero-order chi connectivity index (χ0) is 17.5. The van der Waals surface area contributed by atoms with Crippen LogP contribution in [0.5, 0.6) is 0 Å². The Morgan fingerprint density at radius 2 is 1.07 bits per heavy atom. The van der Waals surface area contributed by atoms with Crippen molar-refractivity contribution in [1.29, 1.82) is 0 Å². The first kappa shape index (κ1) is 16.5. The van der Waals surface area contributed by atoms with Crippen LogP contribution in [0.2, 0.25) is 0 Å². The lowest BCUT2D eigenvalue weighted by atomic mass is 9.74. The van der Waals surface area contributed by atoms with Gasteiger partial charge in [-0.05, 0) is 52.8 Å². The minimum absolute atomic E-state index is 0. The van der Waals surface area contributed by atoms with Crippen LogP contribution in [0.4, 0.5) is 0 Å². The van der Waals surface area contributed by atoms with E-state index in [2.05, 4.69) is 86.6 Å². The number of hydrogen-bond donors (Lipinski definition) is 0.